The summed E-state index contributed by atoms with van der Waals surface area (Å²) in [5.74, 6) is 0. The number of anilines is 2. The molecule has 4 N–H and O–H groups in total. The molecule has 27 heavy (non-hydrogen) atoms. The molecule has 0 aliphatic rings. The van der Waals surface area contributed by atoms with Crippen LogP contribution in [0.1, 0.15) is 20.3 Å². The Labute approximate surface area is 170 Å². The van der Waals surface area contributed by atoms with Crippen molar-refractivity contribution in [3.8, 4) is 0 Å². The van der Waals surface area contributed by atoms with Gasteiger partial charge in [-0.1, -0.05) is 36.4 Å². The summed E-state index contributed by atoms with van der Waals surface area (Å²) in [6.07, 6.45) is 0.585. The molecule has 0 bridgehead atoms. The molecule has 140 valence electrons. The molecule has 0 aliphatic carbocycles. The molecule has 0 saturated carbocycles. The van der Waals surface area contributed by atoms with Gasteiger partial charge in [0.25, 0.3) is 0 Å². The molecule has 0 aliphatic heterocycles. The van der Waals surface area contributed by atoms with Gasteiger partial charge in [-0.25, -0.2) is 0 Å². The van der Waals surface area contributed by atoms with Gasteiger partial charge in [-0.3, -0.25) is 10.9 Å². The van der Waals surface area contributed by atoms with Crippen molar-refractivity contribution in [2.45, 2.75) is 20.3 Å². The lowest BCUT2D eigenvalue weighted by Gasteiger charge is -2.09. The lowest BCUT2D eigenvalue weighted by Crippen LogP contribution is -2.26. The Morgan fingerprint density at radius 3 is 1.44 bits per heavy atom. The zero-order valence-electron chi connectivity index (χ0n) is 15.2. The van der Waals surface area contributed by atoms with Crippen molar-refractivity contribution in [3.63, 3.8) is 0 Å². The van der Waals surface area contributed by atoms with E-state index in [1.807, 2.05) is 74.5 Å². The predicted octanol–water partition coefficient (Wildman–Crippen LogP) is 4.10. The average molecular weight is 399 g/mol. The van der Waals surface area contributed by atoms with Gasteiger partial charge in [-0.2, -0.15) is 10.2 Å². The molecule has 0 heterocycles. The van der Waals surface area contributed by atoms with Gasteiger partial charge >= 0.3 is 0 Å². The number of para-hydroxylation sites is 2. The summed E-state index contributed by atoms with van der Waals surface area (Å²) < 4.78 is 0. The van der Waals surface area contributed by atoms with Crippen LogP contribution in [0.3, 0.4) is 0 Å². The third-order valence-electron chi connectivity index (χ3n) is 3.27. The monoisotopic (exact) mass is 398 g/mol. The van der Waals surface area contributed by atoms with Crippen LogP contribution >= 0.6 is 24.4 Å². The second-order valence-electron chi connectivity index (χ2n) is 5.73. The number of nitrogens with one attached hydrogen (secondary N) is 4. The van der Waals surface area contributed by atoms with Gasteiger partial charge in [-0.15, -0.1) is 0 Å². The van der Waals surface area contributed by atoms with Crippen molar-refractivity contribution in [2.75, 3.05) is 10.6 Å². The molecule has 2 aromatic rings. The average Bonchev–Trinajstić information content (AvgIpc) is 2.66. The fraction of sp³-hybridized carbons (Fsp3) is 0.158. The highest BCUT2D eigenvalue weighted by molar-refractivity contribution is 7.80. The van der Waals surface area contributed by atoms with Gasteiger partial charge in [0.1, 0.15) is 0 Å². The van der Waals surface area contributed by atoms with Crippen molar-refractivity contribution in [2.24, 2.45) is 10.2 Å². The van der Waals surface area contributed by atoms with Crippen molar-refractivity contribution < 1.29 is 0 Å². The van der Waals surface area contributed by atoms with Gasteiger partial charge in [-0.05, 0) is 62.5 Å². The van der Waals surface area contributed by atoms with Crippen LogP contribution < -0.4 is 21.5 Å². The van der Waals surface area contributed by atoms with E-state index in [1.165, 1.54) is 0 Å². The van der Waals surface area contributed by atoms with Gasteiger partial charge in [0.05, 0.1) is 0 Å². The molecule has 0 unspecified atom stereocenters. The van der Waals surface area contributed by atoms with E-state index >= 15 is 0 Å². The van der Waals surface area contributed by atoms with Crippen molar-refractivity contribution in [1.29, 1.82) is 0 Å². The van der Waals surface area contributed by atoms with Crippen LogP contribution in [-0.2, 0) is 0 Å². The molecule has 8 heteroatoms. The molecule has 0 radical (unpaired) electrons. The van der Waals surface area contributed by atoms with E-state index in [0.29, 0.717) is 16.6 Å². The van der Waals surface area contributed by atoms with E-state index < -0.39 is 0 Å². The predicted molar refractivity (Wildman–Crippen MR) is 122 cm³/mol. The SMILES string of the molecule is C/C(C/C(C)=N/NC(=S)Nc1ccccc1)=N\NC(=S)Nc1ccccc1. The third kappa shape index (κ3) is 8.39. The van der Waals surface area contributed by atoms with Crippen molar-refractivity contribution in [1.82, 2.24) is 10.9 Å². The summed E-state index contributed by atoms with van der Waals surface area (Å²) in [5.41, 5.74) is 9.16. The van der Waals surface area contributed by atoms with Gasteiger partial charge in [0.2, 0.25) is 0 Å². The first kappa shape index (κ1) is 20.5. The molecule has 0 fully saturated rings. The van der Waals surface area contributed by atoms with E-state index in [4.69, 9.17) is 24.4 Å². The minimum atomic E-state index is 0.432. The number of hydrazone groups is 2. The quantitative estimate of drug-likeness (QED) is 0.334. The standard InChI is InChI=1S/C19H22N6S2/c1-14(22-24-18(26)20-16-9-5-3-6-10-16)13-15(2)23-25-19(27)21-17-11-7-4-8-12-17/h3-12H,13H2,1-2H3,(H2,20,24,26)(H2,21,25,27)/b22-14+,23-15+. The van der Waals surface area contributed by atoms with E-state index in [1.54, 1.807) is 0 Å². The van der Waals surface area contributed by atoms with E-state index in [0.717, 1.165) is 22.8 Å². The lowest BCUT2D eigenvalue weighted by atomic mass is 10.2. The van der Waals surface area contributed by atoms with Crippen molar-refractivity contribution in [3.05, 3.63) is 60.7 Å². The smallest absolute Gasteiger partial charge is 0.191 e. The summed E-state index contributed by atoms with van der Waals surface area (Å²) >= 11 is 10.4. The third-order valence-corrected chi connectivity index (χ3v) is 3.66. The highest BCUT2D eigenvalue weighted by atomic mass is 32.1. The largest absolute Gasteiger partial charge is 0.331 e. The normalized spacial score (nSPS) is 11.5. The first-order valence-corrected chi connectivity index (χ1v) is 9.15. The summed E-state index contributed by atoms with van der Waals surface area (Å²) in [6.45, 7) is 3.80. The first-order chi connectivity index (χ1) is 13.0. The van der Waals surface area contributed by atoms with Gasteiger partial charge < -0.3 is 10.6 Å². The molecule has 2 aromatic carbocycles. The molecular formula is C19H22N6S2. The maximum atomic E-state index is 5.22. The van der Waals surface area contributed by atoms with Crippen LogP contribution in [0, 0.1) is 0 Å². The molecule has 6 nitrogen and oxygen atoms in total. The summed E-state index contributed by atoms with van der Waals surface area (Å²) in [5, 5.41) is 15.5. The number of nitrogens with zero attached hydrogens (tertiary/aromatic N) is 2. The topological polar surface area (TPSA) is 72.8 Å². The Bertz CT molecular complexity index is 749. The molecular weight excluding hydrogens is 376 g/mol. The lowest BCUT2D eigenvalue weighted by molar-refractivity contribution is 1.01. The van der Waals surface area contributed by atoms with E-state index in [-0.39, 0.29) is 0 Å². The first-order valence-electron chi connectivity index (χ1n) is 8.33. The highest BCUT2D eigenvalue weighted by Crippen LogP contribution is 2.05. The van der Waals surface area contributed by atoms with Gasteiger partial charge in [0.15, 0.2) is 10.2 Å². The Hall–Kier alpha value is -2.84. The molecule has 0 aromatic heterocycles. The molecule has 0 amide bonds. The number of thiocarbonyl (C=S) groups is 2. The van der Waals surface area contributed by atoms with E-state index in [9.17, 15) is 0 Å². The van der Waals surface area contributed by atoms with Crippen LogP contribution in [0.4, 0.5) is 11.4 Å². The van der Waals surface area contributed by atoms with Crippen LogP contribution in [0.25, 0.3) is 0 Å². The fourth-order valence-electron chi connectivity index (χ4n) is 2.10. The second kappa shape index (κ2) is 11.0. The maximum Gasteiger partial charge on any atom is 0.191 e. The number of hydrogen-bond donors (Lipinski definition) is 4. The Morgan fingerprint density at radius 2 is 1.07 bits per heavy atom. The molecule has 2 rings (SSSR count). The molecule has 0 spiro atoms. The second-order valence-corrected chi connectivity index (χ2v) is 6.55. The van der Waals surface area contributed by atoms with Gasteiger partial charge in [0, 0.05) is 29.2 Å². The number of rotatable bonds is 6. The molecule has 0 saturated heterocycles. The minimum Gasteiger partial charge on any atom is -0.331 e. The number of benzene rings is 2. The van der Waals surface area contributed by atoms with Crippen LogP contribution in [-0.4, -0.2) is 21.6 Å². The van der Waals surface area contributed by atoms with Crippen LogP contribution in [0.5, 0.6) is 0 Å². The highest BCUT2D eigenvalue weighted by Gasteiger charge is 2.00. The Balaban J connectivity index is 1.75. The summed E-state index contributed by atoms with van der Waals surface area (Å²) in [6, 6.07) is 19.3. The summed E-state index contributed by atoms with van der Waals surface area (Å²) in [7, 11) is 0. The Morgan fingerprint density at radius 1 is 0.704 bits per heavy atom. The minimum absolute atomic E-state index is 0.432. The zero-order valence-corrected chi connectivity index (χ0v) is 16.8. The number of hydrogen-bond acceptors (Lipinski definition) is 4. The summed E-state index contributed by atoms with van der Waals surface area (Å²) in [4.78, 5) is 0. The maximum absolute atomic E-state index is 5.22. The zero-order chi connectivity index (χ0) is 19.5. The fourth-order valence-corrected chi connectivity index (χ4v) is 2.43. The van der Waals surface area contributed by atoms with Crippen molar-refractivity contribution >= 4 is 57.5 Å². The van der Waals surface area contributed by atoms with Crippen LogP contribution in [0.15, 0.2) is 70.9 Å². The Kier molecular flexibility index (Phi) is 8.34. The van der Waals surface area contributed by atoms with E-state index in [2.05, 4.69) is 31.7 Å². The molecule has 0 atom stereocenters. The van der Waals surface area contributed by atoms with Crippen LogP contribution in [0.2, 0.25) is 0 Å².